The Balaban J connectivity index is 2.42. The van der Waals surface area contributed by atoms with Gasteiger partial charge in [-0.2, -0.15) is 0 Å². The van der Waals surface area contributed by atoms with E-state index < -0.39 is 11.2 Å². The lowest BCUT2D eigenvalue weighted by Crippen LogP contribution is -2.20. The molecular weight excluding hydrogens is 290 g/mol. The predicted molar refractivity (Wildman–Crippen MR) is 81.0 cm³/mol. The monoisotopic (exact) mass is 305 g/mol. The van der Waals surface area contributed by atoms with Crippen LogP contribution in [0.25, 0.3) is 0 Å². The summed E-state index contributed by atoms with van der Waals surface area (Å²) in [6.45, 7) is 0. The number of methoxy groups -OCH3 is 3. The van der Waals surface area contributed by atoms with Crippen molar-refractivity contribution < 1.29 is 14.2 Å². The third-order valence-electron chi connectivity index (χ3n) is 2.84. The summed E-state index contributed by atoms with van der Waals surface area (Å²) in [4.78, 5) is 31.0. The van der Waals surface area contributed by atoms with E-state index in [4.69, 9.17) is 14.2 Å². The number of hydrogen-bond donors (Lipinski definition) is 2. The van der Waals surface area contributed by atoms with E-state index >= 15 is 0 Å². The maximum Gasteiger partial charge on any atom is 0.325 e. The number of hydrogen-bond acceptors (Lipinski definition) is 6. The fourth-order valence-electron chi connectivity index (χ4n) is 1.82. The molecule has 0 amide bonds. The van der Waals surface area contributed by atoms with Gasteiger partial charge in [-0.3, -0.25) is 9.78 Å². The molecule has 1 heterocycles. The van der Waals surface area contributed by atoms with Crippen LogP contribution in [0.15, 0.2) is 32.9 Å². The van der Waals surface area contributed by atoms with Crippen molar-refractivity contribution in [1.29, 1.82) is 0 Å². The van der Waals surface area contributed by atoms with Gasteiger partial charge in [0.1, 0.15) is 5.69 Å². The Morgan fingerprint density at radius 1 is 1.05 bits per heavy atom. The number of rotatable bonds is 5. The van der Waals surface area contributed by atoms with Crippen LogP contribution in [0.1, 0.15) is 5.56 Å². The molecular formula is C14H15N3O5. The van der Waals surface area contributed by atoms with Gasteiger partial charge in [0.05, 0.1) is 21.3 Å². The Morgan fingerprint density at radius 3 is 2.18 bits per heavy atom. The predicted octanol–water partition coefficient (Wildman–Crippen LogP) is 0.840. The summed E-state index contributed by atoms with van der Waals surface area (Å²) in [6.07, 6.45) is 2.68. The van der Waals surface area contributed by atoms with Crippen molar-refractivity contribution in [3.8, 4) is 17.2 Å². The van der Waals surface area contributed by atoms with E-state index in [1.807, 2.05) is 0 Å². The first-order valence-electron chi connectivity index (χ1n) is 6.25. The number of H-pyrrole nitrogens is 2. The normalized spacial score (nSPS) is 10.7. The summed E-state index contributed by atoms with van der Waals surface area (Å²) in [5.41, 5.74) is -0.447. The molecule has 0 saturated carbocycles. The number of benzene rings is 1. The van der Waals surface area contributed by atoms with E-state index in [0.29, 0.717) is 22.8 Å². The number of aliphatic imine (C=N–C) groups is 1. The minimum atomic E-state index is -0.586. The molecule has 116 valence electrons. The Morgan fingerprint density at radius 2 is 1.68 bits per heavy atom. The first-order valence-corrected chi connectivity index (χ1v) is 6.25. The Kier molecular flexibility index (Phi) is 4.62. The molecule has 1 aromatic carbocycles. The third-order valence-corrected chi connectivity index (χ3v) is 2.84. The molecule has 1 aromatic heterocycles. The van der Waals surface area contributed by atoms with Crippen molar-refractivity contribution in [3.05, 3.63) is 44.7 Å². The lowest BCUT2D eigenvalue weighted by molar-refractivity contribution is 0.324. The summed E-state index contributed by atoms with van der Waals surface area (Å²) in [5, 5.41) is 0. The number of nitrogens with zero attached hydrogens (tertiary/aromatic N) is 1. The van der Waals surface area contributed by atoms with Crippen LogP contribution < -0.4 is 25.5 Å². The van der Waals surface area contributed by atoms with E-state index in [1.54, 1.807) is 12.1 Å². The minimum absolute atomic E-state index is 0.0772. The van der Waals surface area contributed by atoms with Crippen molar-refractivity contribution in [1.82, 2.24) is 9.97 Å². The van der Waals surface area contributed by atoms with Crippen LogP contribution in [0.2, 0.25) is 0 Å². The summed E-state index contributed by atoms with van der Waals surface area (Å²) in [7, 11) is 4.52. The van der Waals surface area contributed by atoms with Crippen LogP contribution in [0, 0.1) is 0 Å². The molecule has 0 aliphatic heterocycles. The van der Waals surface area contributed by atoms with Gasteiger partial charge in [0, 0.05) is 18.0 Å². The zero-order valence-electron chi connectivity index (χ0n) is 12.3. The zero-order chi connectivity index (χ0) is 16.1. The van der Waals surface area contributed by atoms with Crippen molar-refractivity contribution in [3.63, 3.8) is 0 Å². The van der Waals surface area contributed by atoms with Gasteiger partial charge in [-0.15, -0.1) is 0 Å². The van der Waals surface area contributed by atoms with Crippen LogP contribution in [-0.4, -0.2) is 37.5 Å². The molecule has 2 aromatic rings. The Bertz CT molecular complexity index is 782. The van der Waals surface area contributed by atoms with Gasteiger partial charge in [-0.25, -0.2) is 9.79 Å². The van der Waals surface area contributed by atoms with E-state index in [-0.39, 0.29) is 5.69 Å². The molecule has 8 heteroatoms. The molecule has 2 N–H and O–H groups in total. The molecule has 0 aliphatic rings. The lowest BCUT2D eigenvalue weighted by atomic mass is 10.2. The Labute approximate surface area is 125 Å². The average molecular weight is 305 g/mol. The van der Waals surface area contributed by atoms with Gasteiger partial charge < -0.3 is 19.2 Å². The molecule has 0 bridgehead atoms. The highest BCUT2D eigenvalue weighted by Gasteiger charge is 2.12. The second-order valence-electron chi connectivity index (χ2n) is 4.17. The van der Waals surface area contributed by atoms with Crippen LogP contribution in [0.5, 0.6) is 17.2 Å². The first kappa shape index (κ1) is 15.4. The topological polar surface area (TPSA) is 106 Å². The van der Waals surface area contributed by atoms with Gasteiger partial charge in [-0.1, -0.05) is 0 Å². The molecule has 22 heavy (non-hydrogen) atoms. The molecule has 8 nitrogen and oxygen atoms in total. The Hall–Kier alpha value is -3.03. The molecule has 0 aliphatic carbocycles. The lowest BCUT2D eigenvalue weighted by Gasteiger charge is -2.12. The quantitative estimate of drug-likeness (QED) is 0.796. The molecule has 0 unspecified atom stereocenters. The molecule has 0 fully saturated rings. The largest absolute Gasteiger partial charge is 0.493 e. The van der Waals surface area contributed by atoms with E-state index in [0.717, 1.165) is 0 Å². The maximum atomic E-state index is 11.5. The second-order valence-corrected chi connectivity index (χ2v) is 4.17. The average Bonchev–Trinajstić information content (AvgIpc) is 2.52. The molecule has 0 radical (unpaired) electrons. The highest BCUT2D eigenvalue weighted by Crippen LogP contribution is 2.37. The van der Waals surface area contributed by atoms with Crippen LogP contribution in [-0.2, 0) is 0 Å². The van der Waals surface area contributed by atoms with Crippen molar-refractivity contribution in [2.75, 3.05) is 21.3 Å². The van der Waals surface area contributed by atoms with Crippen molar-refractivity contribution >= 4 is 11.9 Å². The van der Waals surface area contributed by atoms with Crippen LogP contribution >= 0.6 is 0 Å². The van der Waals surface area contributed by atoms with E-state index in [9.17, 15) is 9.59 Å². The number of aromatic nitrogens is 2. The van der Waals surface area contributed by atoms with E-state index in [1.165, 1.54) is 33.7 Å². The maximum absolute atomic E-state index is 11.5. The molecule has 0 saturated heterocycles. The minimum Gasteiger partial charge on any atom is -0.493 e. The van der Waals surface area contributed by atoms with Gasteiger partial charge in [0.2, 0.25) is 5.75 Å². The zero-order valence-corrected chi connectivity index (χ0v) is 12.3. The molecule has 0 atom stereocenters. The molecule has 0 spiro atoms. The first-order chi connectivity index (χ1) is 10.6. The SMILES string of the molecule is COc1cc(C=Nc2c[nH]c(=O)[nH]c2=O)cc(OC)c1OC. The second kappa shape index (κ2) is 6.61. The fraction of sp³-hybridized carbons (Fsp3) is 0.214. The number of nitrogens with one attached hydrogen (secondary N) is 2. The summed E-state index contributed by atoms with van der Waals surface area (Å²) in [5.74, 6) is 1.40. The summed E-state index contributed by atoms with van der Waals surface area (Å²) in [6, 6.07) is 3.37. The fourth-order valence-corrected chi connectivity index (χ4v) is 1.82. The third kappa shape index (κ3) is 3.17. The van der Waals surface area contributed by atoms with Crippen molar-refractivity contribution in [2.45, 2.75) is 0 Å². The van der Waals surface area contributed by atoms with E-state index in [2.05, 4.69) is 15.0 Å². The van der Waals surface area contributed by atoms with Crippen molar-refractivity contribution in [2.24, 2.45) is 4.99 Å². The van der Waals surface area contributed by atoms with Gasteiger partial charge >= 0.3 is 5.69 Å². The highest BCUT2D eigenvalue weighted by molar-refractivity contribution is 5.84. The van der Waals surface area contributed by atoms with Crippen LogP contribution in [0.4, 0.5) is 5.69 Å². The van der Waals surface area contributed by atoms with Gasteiger partial charge in [-0.05, 0) is 12.1 Å². The molecule has 2 rings (SSSR count). The number of aromatic amines is 2. The number of ether oxygens (including phenoxy) is 3. The summed E-state index contributed by atoms with van der Waals surface area (Å²) < 4.78 is 15.7. The van der Waals surface area contributed by atoms with Crippen LogP contribution in [0.3, 0.4) is 0 Å². The standard InChI is InChI=1S/C14H15N3O5/c1-20-10-4-8(5-11(21-2)12(10)22-3)6-15-9-7-16-14(19)17-13(9)18/h4-7H,1-3H3,(H2,16,17,18,19). The van der Waals surface area contributed by atoms with Gasteiger partial charge in [0.25, 0.3) is 5.56 Å². The van der Waals surface area contributed by atoms with Gasteiger partial charge in [0.15, 0.2) is 11.5 Å². The summed E-state index contributed by atoms with van der Waals surface area (Å²) >= 11 is 0. The highest BCUT2D eigenvalue weighted by atomic mass is 16.5. The smallest absolute Gasteiger partial charge is 0.325 e.